The normalized spacial score (nSPS) is 11.3. The first-order chi connectivity index (χ1) is 8.46. The van der Waals surface area contributed by atoms with Crippen molar-refractivity contribution in [3.63, 3.8) is 0 Å². The maximum absolute atomic E-state index is 5.71. The Labute approximate surface area is 115 Å². The van der Waals surface area contributed by atoms with Crippen molar-refractivity contribution in [2.24, 2.45) is 11.1 Å². The van der Waals surface area contributed by atoms with E-state index in [1.54, 1.807) is 7.11 Å². The van der Waals surface area contributed by atoms with E-state index in [-0.39, 0.29) is 5.41 Å². The summed E-state index contributed by atoms with van der Waals surface area (Å²) < 4.78 is 5.12. The molecular weight excluding hydrogens is 244 g/mol. The number of rotatable bonds is 7. The van der Waals surface area contributed by atoms with E-state index in [1.807, 2.05) is 24.3 Å². The molecule has 1 aromatic rings. The molecule has 1 rings (SSSR count). The van der Waals surface area contributed by atoms with Gasteiger partial charge in [-0.25, -0.2) is 0 Å². The summed E-state index contributed by atoms with van der Waals surface area (Å²) in [5.41, 5.74) is 7.77. The Morgan fingerprint density at radius 2 is 2.06 bits per heavy atom. The molecule has 0 aliphatic heterocycles. The minimum absolute atomic E-state index is 0.166. The highest BCUT2D eigenvalue weighted by Gasteiger charge is 2.17. The molecule has 0 amide bonds. The van der Waals surface area contributed by atoms with E-state index in [0.29, 0.717) is 4.99 Å². The van der Waals surface area contributed by atoms with E-state index in [9.17, 15) is 0 Å². The number of anilines is 1. The Hall–Kier alpha value is -1.13. The van der Waals surface area contributed by atoms with Crippen molar-refractivity contribution in [3.8, 4) is 0 Å². The van der Waals surface area contributed by atoms with Crippen molar-refractivity contribution in [3.05, 3.63) is 29.8 Å². The van der Waals surface area contributed by atoms with Crippen LogP contribution in [-0.4, -0.2) is 25.2 Å². The van der Waals surface area contributed by atoms with Gasteiger partial charge in [0.2, 0.25) is 0 Å². The fourth-order valence-electron chi connectivity index (χ4n) is 1.65. The molecule has 100 valence electrons. The highest BCUT2D eigenvalue weighted by Crippen LogP contribution is 2.22. The summed E-state index contributed by atoms with van der Waals surface area (Å²) in [6, 6.07) is 7.86. The van der Waals surface area contributed by atoms with Gasteiger partial charge in [0.25, 0.3) is 0 Å². The average molecular weight is 266 g/mol. The SMILES string of the molecule is COCCC(C)(C)CNc1ccccc1C(N)=S. The van der Waals surface area contributed by atoms with Gasteiger partial charge in [0.1, 0.15) is 4.99 Å². The topological polar surface area (TPSA) is 47.3 Å². The van der Waals surface area contributed by atoms with E-state index >= 15 is 0 Å². The standard InChI is InChI=1S/C14H22N2OS/c1-14(2,8-9-17-3)10-16-12-7-5-4-6-11(12)13(15)18/h4-7,16H,8-10H2,1-3H3,(H2,15,18). The molecule has 18 heavy (non-hydrogen) atoms. The lowest BCUT2D eigenvalue weighted by Gasteiger charge is -2.25. The van der Waals surface area contributed by atoms with Gasteiger partial charge < -0.3 is 15.8 Å². The predicted octanol–water partition coefficient (Wildman–Crippen LogP) is 2.80. The van der Waals surface area contributed by atoms with Crippen molar-refractivity contribution >= 4 is 22.9 Å². The highest BCUT2D eigenvalue weighted by atomic mass is 32.1. The first kappa shape index (κ1) is 14.9. The Bertz CT molecular complexity index is 405. The first-order valence-corrected chi connectivity index (χ1v) is 6.49. The number of hydrogen-bond acceptors (Lipinski definition) is 3. The molecule has 0 atom stereocenters. The van der Waals surface area contributed by atoms with Crippen molar-refractivity contribution in [2.45, 2.75) is 20.3 Å². The molecule has 0 saturated carbocycles. The molecule has 0 bridgehead atoms. The fraction of sp³-hybridized carbons (Fsp3) is 0.500. The van der Waals surface area contributed by atoms with Crippen LogP contribution in [0, 0.1) is 5.41 Å². The summed E-state index contributed by atoms with van der Waals surface area (Å²) in [7, 11) is 1.73. The van der Waals surface area contributed by atoms with Gasteiger partial charge in [0, 0.05) is 31.5 Å². The van der Waals surface area contributed by atoms with Gasteiger partial charge in [-0.1, -0.05) is 38.2 Å². The van der Waals surface area contributed by atoms with Crippen LogP contribution in [0.5, 0.6) is 0 Å². The van der Waals surface area contributed by atoms with E-state index < -0.39 is 0 Å². The minimum Gasteiger partial charge on any atom is -0.389 e. The molecule has 0 spiro atoms. The molecule has 0 fully saturated rings. The molecule has 0 aliphatic rings. The van der Waals surface area contributed by atoms with Crippen LogP contribution in [-0.2, 0) is 4.74 Å². The Kier molecular flexibility index (Phi) is 5.56. The van der Waals surface area contributed by atoms with E-state index in [1.165, 1.54) is 0 Å². The summed E-state index contributed by atoms with van der Waals surface area (Å²) >= 11 is 5.04. The van der Waals surface area contributed by atoms with Gasteiger partial charge in [-0.05, 0) is 24.0 Å². The van der Waals surface area contributed by atoms with Crippen molar-refractivity contribution < 1.29 is 4.74 Å². The Morgan fingerprint density at radius 1 is 1.39 bits per heavy atom. The number of nitrogens with one attached hydrogen (secondary N) is 1. The largest absolute Gasteiger partial charge is 0.389 e. The average Bonchev–Trinajstić information content (AvgIpc) is 2.34. The second-order valence-corrected chi connectivity index (χ2v) is 5.61. The van der Waals surface area contributed by atoms with Crippen LogP contribution in [0.1, 0.15) is 25.8 Å². The monoisotopic (exact) mass is 266 g/mol. The second-order valence-electron chi connectivity index (χ2n) is 5.17. The lowest BCUT2D eigenvalue weighted by atomic mass is 9.89. The van der Waals surface area contributed by atoms with Gasteiger partial charge in [0.05, 0.1) is 0 Å². The summed E-state index contributed by atoms with van der Waals surface area (Å²) in [5.74, 6) is 0. The van der Waals surface area contributed by atoms with Gasteiger partial charge in [-0.15, -0.1) is 0 Å². The Morgan fingerprint density at radius 3 is 2.67 bits per heavy atom. The van der Waals surface area contributed by atoms with Crippen molar-refractivity contribution in [2.75, 3.05) is 25.6 Å². The molecule has 0 aromatic heterocycles. The molecule has 0 aliphatic carbocycles. The molecule has 3 nitrogen and oxygen atoms in total. The lowest BCUT2D eigenvalue weighted by molar-refractivity contribution is 0.157. The quantitative estimate of drug-likeness (QED) is 0.745. The van der Waals surface area contributed by atoms with Crippen molar-refractivity contribution in [1.82, 2.24) is 0 Å². The van der Waals surface area contributed by atoms with Crippen LogP contribution in [0.25, 0.3) is 0 Å². The highest BCUT2D eigenvalue weighted by molar-refractivity contribution is 7.80. The number of ether oxygens (including phenoxy) is 1. The third-order valence-corrected chi connectivity index (χ3v) is 3.15. The van der Waals surface area contributed by atoms with Crippen LogP contribution in [0.15, 0.2) is 24.3 Å². The van der Waals surface area contributed by atoms with Crippen LogP contribution in [0.3, 0.4) is 0 Å². The maximum atomic E-state index is 5.71. The van der Waals surface area contributed by atoms with E-state index in [2.05, 4.69) is 19.2 Å². The fourth-order valence-corrected chi connectivity index (χ4v) is 1.83. The van der Waals surface area contributed by atoms with E-state index in [0.717, 1.165) is 30.8 Å². The van der Waals surface area contributed by atoms with Crippen LogP contribution >= 0.6 is 12.2 Å². The summed E-state index contributed by atoms with van der Waals surface area (Å²) in [6.07, 6.45) is 1.01. The number of methoxy groups -OCH3 is 1. The summed E-state index contributed by atoms with van der Waals surface area (Å²) in [6.45, 7) is 6.05. The molecule has 4 heteroatoms. The number of para-hydroxylation sites is 1. The predicted molar refractivity (Wildman–Crippen MR) is 81.1 cm³/mol. The maximum Gasteiger partial charge on any atom is 0.106 e. The van der Waals surface area contributed by atoms with Crippen LogP contribution in [0.2, 0.25) is 0 Å². The zero-order valence-corrected chi connectivity index (χ0v) is 12.1. The molecular formula is C14H22N2OS. The molecule has 3 N–H and O–H groups in total. The molecule has 0 unspecified atom stereocenters. The number of benzene rings is 1. The zero-order valence-electron chi connectivity index (χ0n) is 11.3. The van der Waals surface area contributed by atoms with Gasteiger partial charge in [0.15, 0.2) is 0 Å². The lowest BCUT2D eigenvalue weighted by Crippen LogP contribution is -2.25. The number of nitrogens with two attached hydrogens (primary N) is 1. The molecule has 0 heterocycles. The summed E-state index contributed by atoms with van der Waals surface area (Å²) in [4.78, 5) is 0.424. The number of hydrogen-bond donors (Lipinski definition) is 2. The molecule has 0 radical (unpaired) electrons. The second kappa shape index (κ2) is 6.71. The first-order valence-electron chi connectivity index (χ1n) is 6.08. The molecule has 1 aromatic carbocycles. The van der Waals surface area contributed by atoms with E-state index in [4.69, 9.17) is 22.7 Å². The summed E-state index contributed by atoms with van der Waals surface area (Å²) in [5, 5.41) is 3.42. The smallest absolute Gasteiger partial charge is 0.106 e. The van der Waals surface area contributed by atoms with Crippen LogP contribution < -0.4 is 11.1 Å². The third-order valence-electron chi connectivity index (χ3n) is 2.93. The Balaban J connectivity index is 2.65. The van der Waals surface area contributed by atoms with Gasteiger partial charge in [-0.3, -0.25) is 0 Å². The minimum atomic E-state index is 0.166. The van der Waals surface area contributed by atoms with Gasteiger partial charge in [-0.2, -0.15) is 0 Å². The molecule has 0 saturated heterocycles. The third kappa shape index (κ3) is 4.63. The van der Waals surface area contributed by atoms with Crippen molar-refractivity contribution in [1.29, 1.82) is 0 Å². The number of thiocarbonyl (C=S) groups is 1. The van der Waals surface area contributed by atoms with Gasteiger partial charge >= 0.3 is 0 Å². The zero-order chi connectivity index (χ0) is 13.6. The van der Waals surface area contributed by atoms with Crippen LogP contribution in [0.4, 0.5) is 5.69 Å².